The summed E-state index contributed by atoms with van der Waals surface area (Å²) in [5.41, 5.74) is 0.294. The number of carbonyl (C=O) groups is 1. The molecule has 0 radical (unpaired) electrons. The van der Waals surface area contributed by atoms with Crippen LogP contribution in [-0.2, 0) is 10.5 Å². The molecule has 0 amide bonds. The summed E-state index contributed by atoms with van der Waals surface area (Å²) < 4.78 is 46.4. The molecule has 2 heterocycles. The molecule has 2 aromatic rings. The zero-order valence-corrected chi connectivity index (χ0v) is 12.8. The first-order chi connectivity index (χ1) is 10.4. The lowest BCUT2D eigenvalue weighted by atomic mass is 10.3. The number of halogens is 3. The van der Waals surface area contributed by atoms with Gasteiger partial charge in [-0.3, -0.25) is 0 Å². The topological polar surface area (TPSA) is 77.2 Å². The number of esters is 1. The summed E-state index contributed by atoms with van der Waals surface area (Å²) in [6, 6.07) is 1.53. The molecule has 120 valence electrons. The second-order valence-corrected chi connectivity index (χ2v) is 6.12. The molecule has 0 aliphatic carbocycles. The summed E-state index contributed by atoms with van der Waals surface area (Å²) >= 11 is 2.24. The molecule has 0 saturated heterocycles. The van der Waals surface area contributed by atoms with Crippen LogP contribution in [0.2, 0.25) is 0 Å². The highest BCUT2D eigenvalue weighted by molar-refractivity contribution is 8.00. The second kappa shape index (κ2) is 7.01. The molecule has 0 bridgehead atoms. The Morgan fingerprint density at radius 3 is 2.95 bits per heavy atom. The third-order valence-corrected chi connectivity index (χ3v) is 4.30. The van der Waals surface area contributed by atoms with E-state index in [0.29, 0.717) is 21.4 Å². The maximum Gasteiger partial charge on any atom is 0.405 e. The lowest BCUT2D eigenvalue weighted by molar-refractivity contribution is -0.115. The van der Waals surface area contributed by atoms with Crippen molar-refractivity contribution in [3.63, 3.8) is 0 Å². The van der Waals surface area contributed by atoms with Crippen LogP contribution in [0, 0.1) is 0 Å². The molecule has 22 heavy (non-hydrogen) atoms. The Morgan fingerprint density at radius 1 is 1.50 bits per heavy atom. The number of ether oxygens (including phenoxy) is 1. The first kappa shape index (κ1) is 16.6. The second-order valence-electron chi connectivity index (χ2n) is 3.92. The minimum Gasteiger partial charge on any atom is -0.468 e. The molecule has 0 fully saturated rings. The van der Waals surface area contributed by atoms with Crippen LogP contribution in [0.25, 0.3) is 0 Å². The highest BCUT2D eigenvalue weighted by Crippen LogP contribution is 2.29. The Labute approximate surface area is 131 Å². The molecule has 0 aromatic carbocycles. The van der Waals surface area contributed by atoms with Gasteiger partial charge in [0, 0.05) is 0 Å². The minimum absolute atomic E-state index is 0.0921. The van der Waals surface area contributed by atoms with E-state index in [9.17, 15) is 18.0 Å². The molecule has 0 spiro atoms. The van der Waals surface area contributed by atoms with Gasteiger partial charge in [-0.2, -0.15) is 13.2 Å². The van der Waals surface area contributed by atoms with E-state index in [1.54, 1.807) is 0 Å². The zero-order valence-electron chi connectivity index (χ0n) is 11.1. The highest BCUT2D eigenvalue weighted by atomic mass is 32.2. The average molecular weight is 353 g/mol. The predicted octanol–water partition coefficient (Wildman–Crippen LogP) is 3.18. The molecule has 0 atom stereocenters. The Hall–Kier alpha value is -1.75. The van der Waals surface area contributed by atoms with Crippen LogP contribution in [0.15, 0.2) is 21.1 Å². The van der Waals surface area contributed by atoms with Gasteiger partial charge in [0.15, 0.2) is 4.34 Å². The Kier molecular flexibility index (Phi) is 5.29. The standard InChI is InChI=1S/C11H10F3N3O3S2/c1-19-8(18)6-2-7(20-3-6)4-21-10-17-16-9(22-10)15-5-11(12,13)14/h2-3H,4-5H2,1H3,(H,15,16). The smallest absolute Gasteiger partial charge is 0.405 e. The van der Waals surface area contributed by atoms with Crippen LogP contribution in [-0.4, -0.2) is 36.0 Å². The predicted molar refractivity (Wildman–Crippen MR) is 74.1 cm³/mol. The van der Waals surface area contributed by atoms with Crippen LogP contribution >= 0.6 is 23.1 Å². The number of nitrogens with one attached hydrogen (secondary N) is 1. The van der Waals surface area contributed by atoms with Crippen molar-refractivity contribution in [1.82, 2.24) is 10.2 Å². The van der Waals surface area contributed by atoms with E-state index in [1.807, 2.05) is 0 Å². The number of alkyl halides is 3. The minimum atomic E-state index is -4.31. The van der Waals surface area contributed by atoms with Crippen molar-refractivity contribution in [2.75, 3.05) is 19.0 Å². The third-order valence-electron chi connectivity index (χ3n) is 2.26. The van der Waals surface area contributed by atoms with Crippen molar-refractivity contribution < 1.29 is 27.1 Å². The van der Waals surface area contributed by atoms with Crippen LogP contribution in [0.4, 0.5) is 18.3 Å². The number of methoxy groups -OCH3 is 1. The largest absolute Gasteiger partial charge is 0.468 e. The quantitative estimate of drug-likeness (QED) is 0.631. The van der Waals surface area contributed by atoms with E-state index < -0.39 is 18.7 Å². The Bertz CT molecular complexity index is 642. The van der Waals surface area contributed by atoms with Crippen molar-refractivity contribution >= 4 is 34.2 Å². The third kappa shape index (κ3) is 4.91. The van der Waals surface area contributed by atoms with Gasteiger partial charge in [0.2, 0.25) is 5.13 Å². The number of furan rings is 1. The van der Waals surface area contributed by atoms with Gasteiger partial charge in [-0.1, -0.05) is 23.1 Å². The van der Waals surface area contributed by atoms with Crippen molar-refractivity contribution in [3.05, 3.63) is 23.7 Å². The van der Waals surface area contributed by atoms with Crippen LogP contribution < -0.4 is 5.32 Å². The van der Waals surface area contributed by atoms with Crippen molar-refractivity contribution in [1.29, 1.82) is 0 Å². The zero-order chi connectivity index (χ0) is 16.2. The van der Waals surface area contributed by atoms with E-state index in [2.05, 4.69) is 20.3 Å². The molecule has 0 unspecified atom stereocenters. The normalized spacial score (nSPS) is 11.5. The summed E-state index contributed by atoms with van der Waals surface area (Å²) in [6.07, 6.45) is -3.03. The molecule has 2 rings (SSSR count). The van der Waals surface area contributed by atoms with E-state index >= 15 is 0 Å². The number of nitrogens with zero attached hydrogens (tertiary/aromatic N) is 2. The average Bonchev–Trinajstić information content (AvgIpc) is 3.10. The van der Waals surface area contributed by atoms with E-state index in [-0.39, 0.29) is 5.13 Å². The van der Waals surface area contributed by atoms with Gasteiger partial charge in [-0.15, -0.1) is 10.2 Å². The van der Waals surface area contributed by atoms with Crippen molar-refractivity contribution in [3.8, 4) is 0 Å². The van der Waals surface area contributed by atoms with Crippen molar-refractivity contribution in [2.24, 2.45) is 0 Å². The maximum atomic E-state index is 12.1. The number of anilines is 1. The fourth-order valence-corrected chi connectivity index (χ4v) is 2.97. The van der Waals surface area contributed by atoms with E-state index in [0.717, 1.165) is 11.3 Å². The summed E-state index contributed by atoms with van der Waals surface area (Å²) in [5, 5.41) is 9.61. The summed E-state index contributed by atoms with van der Waals surface area (Å²) in [6.45, 7) is -1.16. The van der Waals surface area contributed by atoms with Gasteiger partial charge >= 0.3 is 12.1 Å². The SMILES string of the molecule is COC(=O)c1coc(CSc2nnc(NCC(F)(F)F)s2)c1. The molecule has 11 heteroatoms. The molecular formula is C11H10F3N3O3S2. The van der Waals surface area contributed by atoms with Gasteiger partial charge in [-0.05, 0) is 6.07 Å². The first-order valence-corrected chi connectivity index (χ1v) is 7.60. The number of hydrogen-bond donors (Lipinski definition) is 1. The summed E-state index contributed by atoms with van der Waals surface area (Å²) in [7, 11) is 1.26. The van der Waals surface area contributed by atoms with E-state index in [1.165, 1.54) is 31.2 Å². The Balaban J connectivity index is 1.86. The number of hydrogen-bond acceptors (Lipinski definition) is 8. The molecule has 0 saturated carbocycles. The monoisotopic (exact) mass is 353 g/mol. The molecular weight excluding hydrogens is 343 g/mol. The van der Waals surface area contributed by atoms with Crippen molar-refractivity contribution in [2.45, 2.75) is 16.3 Å². The summed E-state index contributed by atoms with van der Waals surface area (Å²) in [5.74, 6) is 0.380. The first-order valence-electron chi connectivity index (χ1n) is 5.80. The maximum absolute atomic E-state index is 12.1. The van der Waals surface area contributed by atoms with Gasteiger partial charge in [0.1, 0.15) is 18.6 Å². The number of rotatable bonds is 6. The molecule has 6 nitrogen and oxygen atoms in total. The number of thioether (sulfide) groups is 1. The molecule has 2 aromatic heterocycles. The Morgan fingerprint density at radius 2 is 2.27 bits per heavy atom. The van der Waals surface area contributed by atoms with Crippen LogP contribution in [0.3, 0.4) is 0 Å². The van der Waals surface area contributed by atoms with Crippen LogP contribution in [0.5, 0.6) is 0 Å². The van der Waals surface area contributed by atoms with Gasteiger partial charge in [0.25, 0.3) is 0 Å². The fraction of sp³-hybridized carbons (Fsp3) is 0.364. The lowest BCUT2D eigenvalue weighted by Gasteiger charge is -2.05. The lowest BCUT2D eigenvalue weighted by Crippen LogP contribution is -2.21. The number of carbonyl (C=O) groups excluding carboxylic acids is 1. The highest BCUT2D eigenvalue weighted by Gasteiger charge is 2.27. The van der Waals surface area contributed by atoms with Gasteiger partial charge in [-0.25, -0.2) is 4.79 Å². The molecule has 0 aliphatic heterocycles. The molecule has 0 aliphatic rings. The molecule has 1 N–H and O–H groups in total. The number of aromatic nitrogens is 2. The van der Waals surface area contributed by atoms with Crippen LogP contribution in [0.1, 0.15) is 16.1 Å². The van der Waals surface area contributed by atoms with E-state index in [4.69, 9.17) is 4.42 Å². The van der Waals surface area contributed by atoms with Gasteiger partial charge < -0.3 is 14.5 Å². The van der Waals surface area contributed by atoms with Gasteiger partial charge in [0.05, 0.1) is 18.4 Å². The fourth-order valence-electron chi connectivity index (χ4n) is 1.33. The summed E-state index contributed by atoms with van der Waals surface area (Å²) in [4.78, 5) is 11.2.